The lowest BCUT2D eigenvalue weighted by Crippen LogP contribution is -2.44. The summed E-state index contributed by atoms with van der Waals surface area (Å²) in [7, 11) is 0. The van der Waals surface area contributed by atoms with Crippen LogP contribution in [-0.2, 0) is 9.53 Å². The smallest absolute Gasteiger partial charge is 0.291 e. The average molecular weight is 370 g/mol. The maximum Gasteiger partial charge on any atom is 0.291 e. The Morgan fingerprint density at radius 3 is 2.67 bits per heavy atom. The number of nitrogens with one attached hydrogen (secondary N) is 1. The van der Waals surface area contributed by atoms with E-state index in [9.17, 15) is 9.59 Å². The fourth-order valence-corrected chi connectivity index (χ4v) is 2.85. The van der Waals surface area contributed by atoms with Crippen molar-refractivity contribution < 1.29 is 28.2 Å². The van der Waals surface area contributed by atoms with E-state index in [4.69, 9.17) is 18.6 Å². The van der Waals surface area contributed by atoms with Crippen LogP contribution in [0, 0.1) is 0 Å². The number of nitrogens with zero attached hydrogens (tertiary/aromatic N) is 1. The molecule has 2 aliphatic heterocycles. The largest absolute Gasteiger partial charge is 0.459 e. The third kappa shape index (κ3) is 3.80. The first-order chi connectivity index (χ1) is 13.2. The van der Waals surface area contributed by atoms with Crippen molar-refractivity contribution in [3.05, 3.63) is 53.6 Å². The van der Waals surface area contributed by atoms with Crippen LogP contribution < -0.4 is 14.8 Å². The van der Waals surface area contributed by atoms with Gasteiger partial charge in [0.1, 0.15) is 5.70 Å². The number of rotatable bonds is 4. The van der Waals surface area contributed by atoms with E-state index >= 15 is 0 Å². The van der Waals surface area contributed by atoms with Crippen molar-refractivity contribution in [1.82, 2.24) is 10.2 Å². The Morgan fingerprint density at radius 2 is 1.89 bits per heavy atom. The molecule has 3 heterocycles. The Bertz CT molecular complexity index is 868. The van der Waals surface area contributed by atoms with Gasteiger partial charge >= 0.3 is 0 Å². The molecule has 0 saturated carbocycles. The van der Waals surface area contributed by atoms with Gasteiger partial charge in [-0.3, -0.25) is 9.59 Å². The van der Waals surface area contributed by atoms with Crippen molar-refractivity contribution in [2.24, 2.45) is 0 Å². The Hall–Kier alpha value is -3.26. The summed E-state index contributed by atoms with van der Waals surface area (Å²) in [6, 6.07) is 8.46. The lowest BCUT2D eigenvalue weighted by atomic mass is 10.1. The molecule has 4 rings (SSSR count). The van der Waals surface area contributed by atoms with Crippen LogP contribution in [0.2, 0.25) is 0 Å². The first-order valence-electron chi connectivity index (χ1n) is 8.54. The van der Waals surface area contributed by atoms with E-state index in [1.807, 2.05) is 0 Å². The molecule has 2 aromatic rings. The van der Waals surface area contributed by atoms with Gasteiger partial charge in [0.25, 0.3) is 11.8 Å². The molecule has 0 atom stereocenters. The topological polar surface area (TPSA) is 90.2 Å². The third-order valence-corrected chi connectivity index (χ3v) is 4.23. The summed E-state index contributed by atoms with van der Waals surface area (Å²) < 4.78 is 21.1. The zero-order valence-corrected chi connectivity index (χ0v) is 14.5. The van der Waals surface area contributed by atoms with Gasteiger partial charge in [-0.2, -0.15) is 0 Å². The molecule has 1 saturated heterocycles. The Morgan fingerprint density at radius 1 is 1.07 bits per heavy atom. The van der Waals surface area contributed by atoms with E-state index in [2.05, 4.69) is 5.32 Å². The predicted octanol–water partition coefficient (Wildman–Crippen LogP) is 1.64. The number of hydrogen-bond donors (Lipinski definition) is 1. The molecule has 1 N–H and O–H groups in total. The summed E-state index contributed by atoms with van der Waals surface area (Å²) in [4.78, 5) is 27.0. The molecule has 1 aromatic heterocycles. The average Bonchev–Trinajstić information content (AvgIpc) is 3.39. The first kappa shape index (κ1) is 17.2. The molecule has 0 spiro atoms. The number of amides is 2. The monoisotopic (exact) mass is 370 g/mol. The number of morpholine rings is 1. The lowest BCUT2D eigenvalue weighted by molar-refractivity contribution is -0.131. The fraction of sp³-hybridized carbons (Fsp3) is 0.263. The summed E-state index contributed by atoms with van der Waals surface area (Å²) >= 11 is 0. The fourth-order valence-electron chi connectivity index (χ4n) is 2.85. The van der Waals surface area contributed by atoms with Crippen molar-refractivity contribution in [2.75, 3.05) is 33.1 Å². The maximum atomic E-state index is 12.9. The summed E-state index contributed by atoms with van der Waals surface area (Å²) in [5, 5.41) is 2.66. The minimum atomic E-state index is -0.492. The van der Waals surface area contributed by atoms with Crippen molar-refractivity contribution in [1.29, 1.82) is 0 Å². The second kappa shape index (κ2) is 7.55. The van der Waals surface area contributed by atoms with Gasteiger partial charge in [-0.15, -0.1) is 0 Å². The van der Waals surface area contributed by atoms with Crippen LogP contribution in [0.25, 0.3) is 6.08 Å². The normalized spacial score (nSPS) is 16.3. The van der Waals surface area contributed by atoms with Gasteiger partial charge in [0.15, 0.2) is 17.3 Å². The molecular weight excluding hydrogens is 352 g/mol. The van der Waals surface area contributed by atoms with Gasteiger partial charge in [0.2, 0.25) is 6.79 Å². The highest BCUT2D eigenvalue weighted by molar-refractivity contribution is 6.04. The number of fused-ring (bicyclic) bond motifs is 1. The van der Waals surface area contributed by atoms with Crippen molar-refractivity contribution in [2.45, 2.75) is 0 Å². The highest BCUT2D eigenvalue weighted by atomic mass is 16.7. The highest BCUT2D eigenvalue weighted by Gasteiger charge is 2.23. The Labute approximate surface area is 155 Å². The van der Waals surface area contributed by atoms with Gasteiger partial charge in [-0.25, -0.2) is 0 Å². The molecule has 27 heavy (non-hydrogen) atoms. The lowest BCUT2D eigenvalue weighted by Gasteiger charge is -2.27. The predicted molar refractivity (Wildman–Crippen MR) is 94.1 cm³/mol. The summed E-state index contributed by atoms with van der Waals surface area (Å²) in [6.07, 6.45) is 3.01. The van der Waals surface area contributed by atoms with Crippen molar-refractivity contribution in [3.63, 3.8) is 0 Å². The molecule has 1 aromatic carbocycles. The third-order valence-electron chi connectivity index (χ3n) is 4.23. The van der Waals surface area contributed by atoms with E-state index in [0.717, 1.165) is 0 Å². The van der Waals surface area contributed by atoms with E-state index in [0.29, 0.717) is 43.4 Å². The highest BCUT2D eigenvalue weighted by Crippen LogP contribution is 2.33. The maximum absolute atomic E-state index is 12.9. The Balaban J connectivity index is 1.62. The van der Waals surface area contributed by atoms with Crippen LogP contribution in [0.4, 0.5) is 0 Å². The molecule has 0 aliphatic carbocycles. The number of ether oxygens (including phenoxy) is 3. The van der Waals surface area contributed by atoms with Gasteiger partial charge in [-0.05, 0) is 35.9 Å². The molecule has 0 radical (unpaired) electrons. The summed E-state index contributed by atoms with van der Waals surface area (Å²) in [5.41, 5.74) is 0.854. The van der Waals surface area contributed by atoms with Crippen LogP contribution in [0.15, 0.2) is 46.7 Å². The second-order valence-corrected chi connectivity index (χ2v) is 6.01. The van der Waals surface area contributed by atoms with Gasteiger partial charge < -0.3 is 28.8 Å². The number of carbonyl (C=O) groups is 2. The van der Waals surface area contributed by atoms with Crippen LogP contribution in [0.3, 0.4) is 0 Å². The second-order valence-electron chi connectivity index (χ2n) is 6.01. The molecule has 2 amide bonds. The van der Waals surface area contributed by atoms with Gasteiger partial charge in [-0.1, -0.05) is 6.07 Å². The zero-order chi connectivity index (χ0) is 18.6. The molecule has 1 fully saturated rings. The molecule has 140 valence electrons. The molecule has 8 heteroatoms. The van der Waals surface area contributed by atoms with Crippen LogP contribution >= 0.6 is 0 Å². The Kier molecular flexibility index (Phi) is 4.80. The minimum Gasteiger partial charge on any atom is -0.459 e. The van der Waals surface area contributed by atoms with Crippen LogP contribution in [-0.4, -0.2) is 49.8 Å². The number of benzene rings is 1. The zero-order valence-electron chi connectivity index (χ0n) is 14.5. The quantitative estimate of drug-likeness (QED) is 0.823. The van der Waals surface area contributed by atoms with E-state index in [-0.39, 0.29) is 24.2 Å². The van der Waals surface area contributed by atoms with Crippen LogP contribution in [0.5, 0.6) is 11.5 Å². The van der Waals surface area contributed by atoms with E-state index in [1.165, 1.54) is 12.3 Å². The molecule has 8 nitrogen and oxygen atoms in total. The summed E-state index contributed by atoms with van der Waals surface area (Å²) in [5.74, 6) is 0.595. The van der Waals surface area contributed by atoms with E-state index in [1.54, 1.807) is 35.2 Å². The van der Waals surface area contributed by atoms with Gasteiger partial charge in [0, 0.05) is 13.1 Å². The van der Waals surface area contributed by atoms with Crippen molar-refractivity contribution in [3.8, 4) is 11.5 Å². The minimum absolute atomic E-state index is 0.126. The standard InChI is InChI=1S/C19H18N2O6/c22-18(16-2-1-7-25-16)20-14(19(23)21-5-8-24-9-6-21)10-13-3-4-15-17(11-13)27-12-26-15/h1-4,7,10-11H,5-6,8-9,12H2,(H,20,22)/b14-10+. The number of furan rings is 1. The number of carbonyl (C=O) groups excluding carboxylic acids is 2. The van der Waals surface area contributed by atoms with Gasteiger partial charge in [0.05, 0.1) is 19.5 Å². The molecular formula is C19H18N2O6. The molecule has 2 aliphatic rings. The van der Waals surface area contributed by atoms with Crippen molar-refractivity contribution >= 4 is 17.9 Å². The first-order valence-corrected chi connectivity index (χ1v) is 8.54. The molecule has 0 bridgehead atoms. The number of hydrogen-bond acceptors (Lipinski definition) is 6. The summed E-state index contributed by atoms with van der Waals surface area (Å²) in [6.45, 7) is 2.03. The molecule has 0 unspecified atom stereocenters. The SMILES string of the molecule is O=C(N/C(=C/c1ccc2c(c1)OCO2)C(=O)N1CCOCC1)c1ccco1. The van der Waals surface area contributed by atoms with E-state index < -0.39 is 5.91 Å². The van der Waals surface area contributed by atoms with Crippen LogP contribution in [0.1, 0.15) is 16.1 Å².